The van der Waals surface area contributed by atoms with Gasteiger partial charge in [-0.1, -0.05) is 23.7 Å². The van der Waals surface area contributed by atoms with Crippen molar-refractivity contribution in [2.75, 3.05) is 11.9 Å². The van der Waals surface area contributed by atoms with Crippen LogP contribution in [0.15, 0.2) is 53.4 Å². The molecular formula is C15H14ClN3O5S. The lowest BCUT2D eigenvalue weighted by atomic mass is 10.2. The Kier molecular flexibility index (Phi) is 6.07. The van der Waals surface area contributed by atoms with Crippen molar-refractivity contribution in [3.63, 3.8) is 0 Å². The zero-order valence-corrected chi connectivity index (χ0v) is 14.4. The summed E-state index contributed by atoms with van der Waals surface area (Å²) in [5, 5.41) is 13.7. The summed E-state index contributed by atoms with van der Waals surface area (Å²) in [6.45, 7) is -0.155. The Balaban J connectivity index is 1.92. The third-order valence-electron chi connectivity index (χ3n) is 3.14. The van der Waals surface area contributed by atoms with Crippen molar-refractivity contribution >= 4 is 38.9 Å². The summed E-state index contributed by atoms with van der Waals surface area (Å²) in [7, 11) is -3.76. The molecule has 2 aromatic rings. The molecule has 0 saturated carbocycles. The lowest BCUT2D eigenvalue weighted by molar-refractivity contribution is -0.383. The van der Waals surface area contributed by atoms with E-state index >= 15 is 0 Å². The van der Waals surface area contributed by atoms with Crippen LogP contribution in [0.25, 0.3) is 0 Å². The summed E-state index contributed by atoms with van der Waals surface area (Å²) in [5.74, 6) is -0.548. The smallest absolute Gasteiger partial charge is 0.292 e. The molecule has 0 aromatic heterocycles. The first-order valence-electron chi connectivity index (χ1n) is 7.08. The standard InChI is InChI=1S/C15H14ClN3O5S/c16-11-5-7-12(8-6-11)25(23,24)17-10-9-15(20)18-13-3-1-2-4-14(13)19(21)22/h1-8,17H,9-10H2,(H,18,20). The molecular weight excluding hydrogens is 370 g/mol. The highest BCUT2D eigenvalue weighted by atomic mass is 35.5. The molecule has 0 bridgehead atoms. The Hall–Kier alpha value is -2.49. The Bertz CT molecular complexity index is 884. The van der Waals surface area contributed by atoms with Gasteiger partial charge in [0.05, 0.1) is 9.82 Å². The fourth-order valence-electron chi connectivity index (χ4n) is 1.95. The van der Waals surface area contributed by atoms with E-state index in [9.17, 15) is 23.3 Å². The Morgan fingerprint density at radius 2 is 1.76 bits per heavy atom. The average molecular weight is 384 g/mol. The highest BCUT2D eigenvalue weighted by Crippen LogP contribution is 2.23. The molecule has 0 aliphatic carbocycles. The first kappa shape index (κ1) is 18.8. The third kappa shape index (κ3) is 5.24. The number of carbonyl (C=O) groups is 1. The molecule has 0 aliphatic heterocycles. The van der Waals surface area contributed by atoms with Crippen molar-refractivity contribution in [3.8, 4) is 0 Å². The van der Waals surface area contributed by atoms with Gasteiger partial charge in [-0.05, 0) is 30.3 Å². The summed E-state index contributed by atoms with van der Waals surface area (Å²) >= 11 is 5.70. The van der Waals surface area contributed by atoms with E-state index in [1.165, 1.54) is 42.5 Å². The van der Waals surface area contributed by atoms with Crippen LogP contribution < -0.4 is 10.0 Å². The van der Waals surface area contributed by atoms with Crippen LogP contribution in [0, 0.1) is 10.1 Å². The van der Waals surface area contributed by atoms with Gasteiger partial charge in [-0.3, -0.25) is 14.9 Å². The van der Waals surface area contributed by atoms with Gasteiger partial charge in [0.1, 0.15) is 5.69 Å². The number of amides is 1. The van der Waals surface area contributed by atoms with Crippen molar-refractivity contribution in [2.45, 2.75) is 11.3 Å². The van der Waals surface area contributed by atoms with Gasteiger partial charge in [-0.25, -0.2) is 13.1 Å². The van der Waals surface area contributed by atoms with Gasteiger partial charge in [0.15, 0.2) is 0 Å². The summed E-state index contributed by atoms with van der Waals surface area (Å²) in [4.78, 5) is 22.2. The summed E-state index contributed by atoms with van der Waals surface area (Å²) in [6, 6.07) is 11.3. The molecule has 10 heteroatoms. The Morgan fingerprint density at radius 3 is 2.40 bits per heavy atom. The maximum atomic E-state index is 12.1. The van der Waals surface area contributed by atoms with Crippen LogP contribution in [-0.2, 0) is 14.8 Å². The molecule has 25 heavy (non-hydrogen) atoms. The van der Waals surface area contributed by atoms with E-state index < -0.39 is 20.9 Å². The second-order valence-electron chi connectivity index (χ2n) is 4.92. The van der Waals surface area contributed by atoms with Crippen molar-refractivity contribution in [1.29, 1.82) is 0 Å². The van der Waals surface area contributed by atoms with Crippen molar-refractivity contribution in [3.05, 3.63) is 63.7 Å². The summed E-state index contributed by atoms with van der Waals surface area (Å²) in [6.07, 6.45) is -0.182. The fourth-order valence-corrected chi connectivity index (χ4v) is 3.11. The van der Waals surface area contributed by atoms with Crippen LogP contribution >= 0.6 is 11.6 Å². The molecule has 0 heterocycles. The van der Waals surface area contributed by atoms with E-state index in [-0.39, 0.29) is 29.2 Å². The number of nitro benzene ring substituents is 1. The molecule has 0 radical (unpaired) electrons. The number of nitro groups is 1. The van der Waals surface area contributed by atoms with E-state index in [1.54, 1.807) is 6.07 Å². The maximum Gasteiger partial charge on any atom is 0.292 e. The number of sulfonamides is 1. The minimum absolute atomic E-state index is 0.0241. The lowest BCUT2D eigenvalue weighted by Gasteiger charge is -2.08. The van der Waals surface area contributed by atoms with Crippen LogP contribution in [-0.4, -0.2) is 25.8 Å². The van der Waals surface area contributed by atoms with Crippen molar-refractivity contribution in [1.82, 2.24) is 4.72 Å². The predicted octanol–water partition coefficient (Wildman–Crippen LogP) is 2.56. The van der Waals surface area contributed by atoms with Crippen molar-refractivity contribution < 1.29 is 18.1 Å². The lowest BCUT2D eigenvalue weighted by Crippen LogP contribution is -2.27. The second kappa shape index (κ2) is 8.06. The van der Waals surface area contributed by atoms with Gasteiger partial charge in [0.25, 0.3) is 5.69 Å². The first-order chi connectivity index (χ1) is 11.8. The second-order valence-corrected chi connectivity index (χ2v) is 7.13. The number of rotatable bonds is 7. The Morgan fingerprint density at radius 1 is 1.12 bits per heavy atom. The Labute approximate surface area is 149 Å². The number of hydrogen-bond donors (Lipinski definition) is 2. The molecule has 0 saturated heterocycles. The van der Waals surface area contributed by atoms with Crippen LogP contribution in [0.2, 0.25) is 5.02 Å². The van der Waals surface area contributed by atoms with E-state index in [4.69, 9.17) is 11.6 Å². The minimum Gasteiger partial charge on any atom is -0.320 e. The number of nitrogens with one attached hydrogen (secondary N) is 2. The van der Waals surface area contributed by atoms with E-state index in [2.05, 4.69) is 10.0 Å². The molecule has 2 aromatic carbocycles. The minimum atomic E-state index is -3.76. The zero-order chi connectivity index (χ0) is 18.4. The van der Waals surface area contributed by atoms with Crippen LogP contribution in [0.4, 0.5) is 11.4 Å². The number of hydrogen-bond acceptors (Lipinski definition) is 5. The first-order valence-corrected chi connectivity index (χ1v) is 8.94. The number of anilines is 1. The van der Waals surface area contributed by atoms with Gasteiger partial charge >= 0.3 is 0 Å². The van der Waals surface area contributed by atoms with Gasteiger partial charge in [0.2, 0.25) is 15.9 Å². The van der Waals surface area contributed by atoms with E-state index in [0.29, 0.717) is 5.02 Å². The normalized spacial score (nSPS) is 11.1. The molecule has 132 valence electrons. The molecule has 0 atom stereocenters. The number of para-hydroxylation sites is 2. The largest absolute Gasteiger partial charge is 0.320 e. The molecule has 0 unspecified atom stereocenters. The summed E-state index contributed by atoms with van der Waals surface area (Å²) < 4.78 is 26.4. The van der Waals surface area contributed by atoms with Gasteiger partial charge in [-0.2, -0.15) is 0 Å². The van der Waals surface area contributed by atoms with Crippen LogP contribution in [0.1, 0.15) is 6.42 Å². The number of halogens is 1. The van der Waals surface area contributed by atoms with Gasteiger partial charge in [-0.15, -0.1) is 0 Å². The maximum absolute atomic E-state index is 12.1. The highest BCUT2D eigenvalue weighted by Gasteiger charge is 2.16. The van der Waals surface area contributed by atoms with E-state index in [1.807, 2.05) is 0 Å². The average Bonchev–Trinajstić information content (AvgIpc) is 2.55. The van der Waals surface area contributed by atoms with Crippen LogP contribution in [0.3, 0.4) is 0 Å². The molecule has 2 N–H and O–H groups in total. The third-order valence-corrected chi connectivity index (χ3v) is 4.87. The zero-order valence-electron chi connectivity index (χ0n) is 12.8. The number of nitrogens with zero attached hydrogens (tertiary/aromatic N) is 1. The molecule has 2 rings (SSSR count). The summed E-state index contributed by atoms with van der Waals surface area (Å²) in [5.41, 5.74) is -0.185. The molecule has 8 nitrogen and oxygen atoms in total. The van der Waals surface area contributed by atoms with Crippen molar-refractivity contribution in [2.24, 2.45) is 0 Å². The molecule has 0 spiro atoms. The topological polar surface area (TPSA) is 118 Å². The van der Waals surface area contributed by atoms with Gasteiger partial charge in [0, 0.05) is 24.1 Å². The SMILES string of the molecule is O=C(CCNS(=O)(=O)c1ccc(Cl)cc1)Nc1ccccc1[N+](=O)[O-]. The number of carbonyl (C=O) groups excluding carboxylic acids is 1. The molecule has 0 fully saturated rings. The number of benzene rings is 2. The van der Waals surface area contributed by atoms with Crippen LogP contribution in [0.5, 0.6) is 0 Å². The fraction of sp³-hybridized carbons (Fsp3) is 0.133. The predicted molar refractivity (Wildman–Crippen MR) is 93.0 cm³/mol. The monoisotopic (exact) mass is 383 g/mol. The van der Waals surface area contributed by atoms with E-state index in [0.717, 1.165) is 0 Å². The highest BCUT2D eigenvalue weighted by molar-refractivity contribution is 7.89. The van der Waals surface area contributed by atoms with Gasteiger partial charge < -0.3 is 5.32 Å². The molecule has 0 aliphatic rings. The molecule has 1 amide bonds. The quantitative estimate of drug-likeness (QED) is 0.562.